The highest BCUT2D eigenvalue weighted by Gasteiger charge is 2.30. The maximum absolute atomic E-state index is 12.6. The molecule has 0 aromatic heterocycles. The van der Waals surface area contributed by atoms with Gasteiger partial charge in [-0.15, -0.1) is 0 Å². The Kier molecular flexibility index (Phi) is 5.11. The molecular formula is C18H26N2O2. The predicted molar refractivity (Wildman–Crippen MR) is 86.5 cm³/mol. The minimum atomic E-state index is 0.00879. The first-order chi connectivity index (χ1) is 10.7. The maximum atomic E-state index is 12.6. The zero-order valence-corrected chi connectivity index (χ0v) is 13.3. The molecule has 0 radical (unpaired) electrons. The lowest BCUT2D eigenvalue weighted by atomic mass is 10.0. The van der Waals surface area contributed by atoms with Crippen molar-refractivity contribution < 1.29 is 9.53 Å². The second kappa shape index (κ2) is 7.25. The van der Waals surface area contributed by atoms with Crippen molar-refractivity contribution in [3.8, 4) is 0 Å². The topological polar surface area (TPSA) is 41.6 Å². The molecule has 3 unspecified atom stereocenters. The summed E-state index contributed by atoms with van der Waals surface area (Å²) in [6.07, 6.45) is 2.89. The molecule has 0 saturated carbocycles. The first-order valence-corrected chi connectivity index (χ1v) is 8.41. The molecule has 1 amide bonds. The van der Waals surface area contributed by atoms with E-state index in [0.29, 0.717) is 25.5 Å². The van der Waals surface area contributed by atoms with Crippen LogP contribution in [0, 0.1) is 5.92 Å². The molecule has 0 aliphatic carbocycles. The van der Waals surface area contributed by atoms with Gasteiger partial charge in [0.15, 0.2) is 0 Å². The summed E-state index contributed by atoms with van der Waals surface area (Å²) in [6.45, 7) is 5.54. The minimum absolute atomic E-state index is 0.00879. The molecule has 1 N–H and O–H groups in total. The van der Waals surface area contributed by atoms with Gasteiger partial charge in [-0.05, 0) is 44.3 Å². The van der Waals surface area contributed by atoms with Gasteiger partial charge in [-0.25, -0.2) is 0 Å². The van der Waals surface area contributed by atoms with Gasteiger partial charge < -0.3 is 15.0 Å². The normalized spacial score (nSPS) is 28.8. The van der Waals surface area contributed by atoms with E-state index in [1.807, 2.05) is 23.1 Å². The molecule has 2 fully saturated rings. The Hall–Kier alpha value is -1.39. The number of nitrogens with one attached hydrogen (secondary N) is 1. The van der Waals surface area contributed by atoms with Crippen LogP contribution >= 0.6 is 0 Å². The second-order valence-electron chi connectivity index (χ2n) is 6.53. The number of hydrogen-bond donors (Lipinski definition) is 1. The van der Waals surface area contributed by atoms with Gasteiger partial charge in [0.1, 0.15) is 6.10 Å². The van der Waals surface area contributed by atoms with E-state index in [1.54, 1.807) is 0 Å². The molecule has 0 spiro atoms. The summed E-state index contributed by atoms with van der Waals surface area (Å²) in [5.41, 5.74) is 1.16. The maximum Gasteiger partial charge on any atom is 0.222 e. The number of rotatable bonds is 4. The smallest absolute Gasteiger partial charge is 0.222 e. The molecule has 3 rings (SSSR count). The first kappa shape index (κ1) is 15.5. The van der Waals surface area contributed by atoms with Crippen molar-refractivity contribution in [1.29, 1.82) is 0 Å². The fraction of sp³-hybridized carbons (Fsp3) is 0.611. The first-order valence-electron chi connectivity index (χ1n) is 8.41. The zero-order valence-electron chi connectivity index (χ0n) is 13.3. The number of ether oxygens (including phenoxy) is 1. The molecule has 2 heterocycles. The molecule has 2 aliphatic rings. The summed E-state index contributed by atoms with van der Waals surface area (Å²) in [7, 11) is 0. The predicted octanol–water partition coefficient (Wildman–Crippen LogP) is 2.36. The molecule has 0 bridgehead atoms. The van der Waals surface area contributed by atoms with Crippen LogP contribution in [-0.2, 0) is 9.53 Å². The average Bonchev–Trinajstić information content (AvgIpc) is 3.07. The van der Waals surface area contributed by atoms with Gasteiger partial charge in [0.2, 0.25) is 5.91 Å². The highest BCUT2D eigenvalue weighted by molar-refractivity contribution is 5.76. The van der Waals surface area contributed by atoms with Gasteiger partial charge in [0, 0.05) is 6.42 Å². The lowest BCUT2D eigenvalue weighted by Crippen LogP contribution is -2.48. The Balaban J connectivity index is 1.57. The van der Waals surface area contributed by atoms with Crippen LogP contribution in [0.15, 0.2) is 30.3 Å². The molecule has 2 saturated heterocycles. The fourth-order valence-electron chi connectivity index (χ4n) is 3.41. The van der Waals surface area contributed by atoms with Crippen LogP contribution in [0.25, 0.3) is 0 Å². The SMILES string of the molecule is CC1COC(c2ccccc2)CN1C(=O)CCC1CCNC1. The summed E-state index contributed by atoms with van der Waals surface area (Å²) < 4.78 is 5.93. The third-order valence-corrected chi connectivity index (χ3v) is 4.85. The Morgan fingerprint density at radius 3 is 2.91 bits per heavy atom. The highest BCUT2D eigenvalue weighted by atomic mass is 16.5. The summed E-state index contributed by atoms with van der Waals surface area (Å²) >= 11 is 0. The van der Waals surface area contributed by atoms with Crippen LogP contribution < -0.4 is 5.32 Å². The van der Waals surface area contributed by atoms with Crippen LogP contribution in [0.1, 0.15) is 37.9 Å². The van der Waals surface area contributed by atoms with Crippen molar-refractivity contribution in [2.45, 2.75) is 38.3 Å². The van der Waals surface area contributed by atoms with E-state index in [1.165, 1.54) is 6.42 Å². The summed E-state index contributed by atoms with van der Waals surface area (Å²) in [4.78, 5) is 14.6. The van der Waals surface area contributed by atoms with E-state index in [-0.39, 0.29) is 18.1 Å². The van der Waals surface area contributed by atoms with Crippen molar-refractivity contribution in [1.82, 2.24) is 10.2 Å². The van der Waals surface area contributed by atoms with Crippen LogP contribution in [0.2, 0.25) is 0 Å². The van der Waals surface area contributed by atoms with Gasteiger partial charge in [-0.1, -0.05) is 30.3 Å². The number of carbonyl (C=O) groups is 1. The van der Waals surface area contributed by atoms with Crippen LogP contribution in [0.3, 0.4) is 0 Å². The summed E-state index contributed by atoms with van der Waals surface area (Å²) in [5, 5.41) is 3.37. The lowest BCUT2D eigenvalue weighted by Gasteiger charge is -2.38. The number of hydrogen-bond acceptors (Lipinski definition) is 3. The highest BCUT2D eigenvalue weighted by Crippen LogP contribution is 2.26. The van der Waals surface area contributed by atoms with E-state index in [9.17, 15) is 4.79 Å². The Morgan fingerprint density at radius 1 is 1.36 bits per heavy atom. The number of nitrogens with zero attached hydrogens (tertiary/aromatic N) is 1. The summed E-state index contributed by atoms with van der Waals surface area (Å²) in [5.74, 6) is 0.953. The van der Waals surface area contributed by atoms with Crippen LogP contribution in [-0.4, -0.2) is 43.1 Å². The Labute approximate surface area is 132 Å². The van der Waals surface area contributed by atoms with Crippen molar-refractivity contribution in [3.63, 3.8) is 0 Å². The van der Waals surface area contributed by atoms with Gasteiger partial charge in [0.25, 0.3) is 0 Å². The quantitative estimate of drug-likeness (QED) is 0.928. The van der Waals surface area contributed by atoms with Gasteiger partial charge in [-0.3, -0.25) is 4.79 Å². The van der Waals surface area contributed by atoms with Crippen molar-refractivity contribution in [2.24, 2.45) is 5.92 Å². The van der Waals surface area contributed by atoms with E-state index < -0.39 is 0 Å². The lowest BCUT2D eigenvalue weighted by molar-refractivity contribution is -0.144. The van der Waals surface area contributed by atoms with Gasteiger partial charge in [0.05, 0.1) is 19.2 Å². The fourth-order valence-corrected chi connectivity index (χ4v) is 3.41. The molecule has 1 aromatic rings. The van der Waals surface area contributed by atoms with E-state index >= 15 is 0 Å². The molecule has 4 heteroatoms. The Morgan fingerprint density at radius 2 is 2.18 bits per heavy atom. The monoisotopic (exact) mass is 302 g/mol. The van der Waals surface area contributed by atoms with Crippen LogP contribution in [0.5, 0.6) is 0 Å². The van der Waals surface area contributed by atoms with E-state index in [2.05, 4.69) is 24.4 Å². The van der Waals surface area contributed by atoms with Crippen LogP contribution in [0.4, 0.5) is 0 Å². The molecule has 4 nitrogen and oxygen atoms in total. The largest absolute Gasteiger partial charge is 0.370 e. The zero-order chi connectivity index (χ0) is 15.4. The van der Waals surface area contributed by atoms with E-state index in [0.717, 1.165) is 25.1 Å². The van der Waals surface area contributed by atoms with Gasteiger partial charge >= 0.3 is 0 Å². The standard InChI is InChI=1S/C18H26N2O2/c1-14-13-22-17(16-5-3-2-4-6-16)12-20(14)18(21)8-7-15-9-10-19-11-15/h2-6,14-15,17,19H,7-13H2,1H3. The second-order valence-corrected chi connectivity index (χ2v) is 6.53. The average molecular weight is 302 g/mol. The molecule has 120 valence electrons. The number of amides is 1. The third kappa shape index (κ3) is 3.68. The molecule has 1 aromatic carbocycles. The van der Waals surface area contributed by atoms with Gasteiger partial charge in [-0.2, -0.15) is 0 Å². The minimum Gasteiger partial charge on any atom is -0.370 e. The number of morpholine rings is 1. The molecule has 3 atom stereocenters. The summed E-state index contributed by atoms with van der Waals surface area (Å²) in [6, 6.07) is 10.4. The number of carbonyl (C=O) groups excluding carboxylic acids is 1. The third-order valence-electron chi connectivity index (χ3n) is 4.85. The van der Waals surface area contributed by atoms with Crippen molar-refractivity contribution in [2.75, 3.05) is 26.2 Å². The van der Waals surface area contributed by atoms with Crippen molar-refractivity contribution in [3.05, 3.63) is 35.9 Å². The molecule has 22 heavy (non-hydrogen) atoms. The molecular weight excluding hydrogens is 276 g/mol. The van der Waals surface area contributed by atoms with Crippen molar-refractivity contribution >= 4 is 5.91 Å². The van der Waals surface area contributed by atoms with E-state index in [4.69, 9.17) is 4.74 Å². The Bertz CT molecular complexity index is 485. The molecule has 2 aliphatic heterocycles. The number of benzene rings is 1.